The third-order valence-corrected chi connectivity index (χ3v) is 5.49. The minimum Gasteiger partial charge on any atom is -0.378 e. The number of methoxy groups -OCH3 is 1. The lowest BCUT2D eigenvalue weighted by Gasteiger charge is -2.48. The van der Waals surface area contributed by atoms with Crippen LogP contribution in [0.3, 0.4) is 0 Å². The lowest BCUT2D eigenvalue weighted by Crippen LogP contribution is -2.60. The Morgan fingerprint density at radius 1 is 1.32 bits per heavy atom. The van der Waals surface area contributed by atoms with E-state index in [1.54, 1.807) is 7.11 Å². The number of ether oxygens (including phenoxy) is 1. The average molecular weight is 266 g/mol. The van der Waals surface area contributed by atoms with Crippen LogP contribution in [0.2, 0.25) is 0 Å². The molecule has 1 amide bonds. The van der Waals surface area contributed by atoms with Crippen molar-refractivity contribution in [3.63, 3.8) is 0 Å². The molecule has 1 unspecified atom stereocenters. The molecular formula is C15H26N2O2. The molecule has 4 heteroatoms. The largest absolute Gasteiger partial charge is 0.378 e. The van der Waals surface area contributed by atoms with E-state index in [0.29, 0.717) is 18.0 Å². The number of amides is 1. The topological polar surface area (TPSA) is 50.4 Å². The van der Waals surface area contributed by atoms with Gasteiger partial charge in [0.25, 0.3) is 0 Å². The van der Waals surface area contributed by atoms with Gasteiger partial charge < -0.3 is 15.4 Å². The summed E-state index contributed by atoms with van der Waals surface area (Å²) in [6.45, 7) is 1.04. The Bertz CT molecular complexity index is 343. The smallest absolute Gasteiger partial charge is 0.223 e. The van der Waals surface area contributed by atoms with E-state index in [1.807, 2.05) is 0 Å². The van der Waals surface area contributed by atoms with Gasteiger partial charge in [0.15, 0.2) is 0 Å². The fourth-order valence-electron chi connectivity index (χ4n) is 3.86. The summed E-state index contributed by atoms with van der Waals surface area (Å²) in [5.41, 5.74) is 0.205. The van der Waals surface area contributed by atoms with Crippen LogP contribution in [0.5, 0.6) is 0 Å². The number of carbonyl (C=O) groups is 1. The molecule has 1 atom stereocenters. The van der Waals surface area contributed by atoms with Crippen molar-refractivity contribution in [1.29, 1.82) is 0 Å². The summed E-state index contributed by atoms with van der Waals surface area (Å²) in [7, 11) is 1.74. The Morgan fingerprint density at radius 2 is 2.05 bits per heavy atom. The van der Waals surface area contributed by atoms with Crippen molar-refractivity contribution >= 4 is 5.91 Å². The van der Waals surface area contributed by atoms with Crippen molar-refractivity contribution in [3.05, 3.63) is 0 Å². The summed E-state index contributed by atoms with van der Waals surface area (Å²) in [6, 6.07) is 0.364. The minimum absolute atomic E-state index is 0.148. The van der Waals surface area contributed by atoms with Crippen LogP contribution in [0.1, 0.15) is 57.8 Å². The molecule has 3 fully saturated rings. The molecular weight excluding hydrogens is 240 g/mol. The summed E-state index contributed by atoms with van der Waals surface area (Å²) in [4.78, 5) is 12.2. The van der Waals surface area contributed by atoms with E-state index in [0.717, 1.165) is 32.2 Å². The lowest BCUT2D eigenvalue weighted by molar-refractivity contribution is -0.135. The van der Waals surface area contributed by atoms with Crippen molar-refractivity contribution in [2.75, 3.05) is 13.7 Å². The maximum absolute atomic E-state index is 12.2. The van der Waals surface area contributed by atoms with Gasteiger partial charge in [-0.3, -0.25) is 4.79 Å². The highest BCUT2D eigenvalue weighted by molar-refractivity contribution is 5.77. The number of rotatable bonds is 4. The first-order valence-corrected chi connectivity index (χ1v) is 7.75. The molecule has 1 saturated heterocycles. The molecule has 2 saturated carbocycles. The van der Waals surface area contributed by atoms with Gasteiger partial charge in [-0.15, -0.1) is 0 Å². The third-order valence-electron chi connectivity index (χ3n) is 5.49. The van der Waals surface area contributed by atoms with E-state index in [1.165, 1.54) is 25.7 Å². The predicted octanol–water partition coefficient (Wildman–Crippen LogP) is 1.74. The highest BCUT2D eigenvalue weighted by Crippen LogP contribution is 2.39. The SMILES string of the molecule is COC1(CC(=O)NC2CCNC3(CCC3)C2)CCC1. The summed E-state index contributed by atoms with van der Waals surface area (Å²) in [6.07, 6.45) is 9.87. The first kappa shape index (κ1) is 13.4. The van der Waals surface area contributed by atoms with E-state index < -0.39 is 0 Å². The fraction of sp³-hybridized carbons (Fsp3) is 0.933. The van der Waals surface area contributed by atoms with Crippen LogP contribution in [-0.2, 0) is 9.53 Å². The predicted molar refractivity (Wildman–Crippen MR) is 74.0 cm³/mol. The first-order valence-electron chi connectivity index (χ1n) is 7.75. The van der Waals surface area contributed by atoms with Gasteiger partial charge in [0.2, 0.25) is 5.91 Å². The van der Waals surface area contributed by atoms with Crippen molar-refractivity contribution in [1.82, 2.24) is 10.6 Å². The van der Waals surface area contributed by atoms with Gasteiger partial charge in [0.05, 0.1) is 12.0 Å². The molecule has 0 radical (unpaired) electrons. The lowest BCUT2D eigenvalue weighted by atomic mass is 9.70. The molecule has 1 spiro atoms. The molecule has 3 aliphatic rings. The molecule has 2 N–H and O–H groups in total. The third kappa shape index (κ3) is 2.65. The number of carbonyl (C=O) groups excluding carboxylic acids is 1. The zero-order valence-electron chi connectivity index (χ0n) is 12.0. The number of hydrogen-bond acceptors (Lipinski definition) is 3. The minimum atomic E-state index is -0.148. The summed E-state index contributed by atoms with van der Waals surface area (Å²) in [5.74, 6) is 0.183. The van der Waals surface area contributed by atoms with Crippen LogP contribution in [-0.4, -0.2) is 36.7 Å². The van der Waals surface area contributed by atoms with Crippen LogP contribution in [0.25, 0.3) is 0 Å². The second kappa shape index (κ2) is 5.06. The van der Waals surface area contributed by atoms with E-state index in [-0.39, 0.29) is 11.5 Å². The van der Waals surface area contributed by atoms with Crippen molar-refractivity contribution in [3.8, 4) is 0 Å². The van der Waals surface area contributed by atoms with Gasteiger partial charge in [-0.1, -0.05) is 0 Å². The Labute approximate surface area is 115 Å². The molecule has 1 heterocycles. The Morgan fingerprint density at radius 3 is 2.58 bits per heavy atom. The maximum Gasteiger partial charge on any atom is 0.223 e. The molecule has 4 nitrogen and oxygen atoms in total. The Balaban J connectivity index is 1.49. The highest BCUT2D eigenvalue weighted by Gasteiger charge is 2.42. The molecule has 3 rings (SSSR count). The molecule has 0 aromatic heterocycles. The van der Waals surface area contributed by atoms with Gasteiger partial charge in [0.1, 0.15) is 0 Å². The maximum atomic E-state index is 12.2. The molecule has 1 aliphatic heterocycles. The zero-order valence-corrected chi connectivity index (χ0v) is 12.0. The van der Waals surface area contributed by atoms with Gasteiger partial charge in [-0.2, -0.15) is 0 Å². The van der Waals surface area contributed by atoms with E-state index in [4.69, 9.17) is 4.74 Å². The Hall–Kier alpha value is -0.610. The van der Waals surface area contributed by atoms with Gasteiger partial charge >= 0.3 is 0 Å². The van der Waals surface area contributed by atoms with Gasteiger partial charge in [0, 0.05) is 18.7 Å². The molecule has 0 bridgehead atoms. The Kier molecular flexibility index (Phi) is 3.56. The van der Waals surface area contributed by atoms with E-state index in [9.17, 15) is 4.79 Å². The molecule has 19 heavy (non-hydrogen) atoms. The second-order valence-corrected chi connectivity index (χ2v) is 6.74. The van der Waals surface area contributed by atoms with Crippen LogP contribution >= 0.6 is 0 Å². The summed E-state index contributed by atoms with van der Waals surface area (Å²) in [5, 5.41) is 6.88. The highest BCUT2D eigenvalue weighted by atomic mass is 16.5. The van der Waals surface area contributed by atoms with E-state index >= 15 is 0 Å². The summed E-state index contributed by atoms with van der Waals surface area (Å²) < 4.78 is 5.53. The van der Waals surface area contributed by atoms with Crippen molar-refractivity contribution < 1.29 is 9.53 Å². The molecule has 0 aromatic carbocycles. The molecule has 0 aromatic rings. The van der Waals surface area contributed by atoms with Gasteiger partial charge in [-0.25, -0.2) is 0 Å². The number of nitrogens with one attached hydrogen (secondary N) is 2. The fourth-order valence-corrected chi connectivity index (χ4v) is 3.86. The van der Waals surface area contributed by atoms with Crippen LogP contribution < -0.4 is 10.6 Å². The van der Waals surface area contributed by atoms with E-state index in [2.05, 4.69) is 10.6 Å². The normalized spacial score (nSPS) is 31.3. The van der Waals surface area contributed by atoms with Crippen molar-refractivity contribution in [2.45, 2.75) is 75.0 Å². The zero-order chi connectivity index (χ0) is 13.3. The van der Waals surface area contributed by atoms with Crippen LogP contribution in [0.15, 0.2) is 0 Å². The first-order chi connectivity index (χ1) is 9.15. The standard InChI is InChI=1S/C15H26N2O2/c1-19-15(7-3-8-15)11-13(18)17-12-4-9-16-14(10-12)5-2-6-14/h12,16H,2-11H2,1H3,(H,17,18). The summed E-state index contributed by atoms with van der Waals surface area (Å²) >= 11 is 0. The van der Waals surface area contributed by atoms with Gasteiger partial charge in [-0.05, 0) is 57.9 Å². The quantitative estimate of drug-likeness (QED) is 0.815. The number of piperidine rings is 1. The molecule has 2 aliphatic carbocycles. The van der Waals surface area contributed by atoms with Crippen LogP contribution in [0, 0.1) is 0 Å². The second-order valence-electron chi connectivity index (χ2n) is 6.74. The average Bonchev–Trinajstić information content (AvgIpc) is 2.32. The van der Waals surface area contributed by atoms with Crippen LogP contribution in [0.4, 0.5) is 0 Å². The number of hydrogen-bond donors (Lipinski definition) is 2. The van der Waals surface area contributed by atoms with Crippen molar-refractivity contribution in [2.24, 2.45) is 0 Å². The monoisotopic (exact) mass is 266 g/mol. The molecule has 108 valence electrons.